The van der Waals surface area contributed by atoms with Crippen LogP contribution in [0.5, 0.6) is 0 Å². The summed E-state index contributed by atoms with van der Waals surface area (Å²) in [5, 5.41) is 0. The van der Waals surface area contributed by atoms with Gasteiger partial charge in [0.1, 0.15) is 0 Å². The van der Waals surface area contributed by atoms with Crippen molar-refractivity contribution in [2.45, 2.75) is 44.9 Å². The molecule has 1 unspecified atom stereocenters. The minimum Gasteiger partial charge on any atom is -0.378 e. The Labute approximate surface area is 144 Å². The van der Waals surface area contributed by atoms with Gasteiger partial charge in [0.05, 0.1) is 18.8 Å². The molecule has 0 radical (unpaired) electrons. The Balaban J connectivity index is 1.78. The van der Waals surface area contributed by atoms with E-state index in [1.165, 1.54) is 5.56 Å². The van der Waals surface area contributed by atoms with Crippen molar-refractivity contribution in [1.82, 2.24) is 9.80 Å². The quantitative estimate of drug-likeness (QED) is 0.855. The number of ether oxygens (including phenoxy) is 2. The maximum absolute atomic E-state index is 13.2. The molecular formula is C19H28N2O3. The Kier molecular flexibility index (Phi) is 5.41. The predicted octanol–water partition coefficient (Wildman–Crippen LogP) is 2.90. The molecule has 1 atom stereocenters. The lowest BCUT2D eigenvalue weighted by molar-refractivity contribution is -0.0804. The van der Waals surface area contributed by atoms with E-state index in [4.69, 9.17) is 9.47 Å². The first-order valence-corrected chi connectivity index (χ1v) is 8.86. The fraction of sp³-hybridized carbons (Fsp3) is 0.632. The van der Waals surface area contributed by atoms with Gasteiger partial charge in [0.2, 0.25) is 0 Å². The number of hydrogen-bond donors (Lipinski definition) is 0. The molecule has 24 heavy (non-hydrogen) atoms. The lowest BCUT2D eigenvalue weighted by atomic mass is 9.92. The van der Waals surface area contributed by atoms with Crippen molar-refractivity contribution in [2.24, 2.45) is 0 Å². The number of nitrogens with zero attached hydrogens (tertiary/aromatic N) is 2. The lowest BCUT2D eigenvalue weighted by Crippen LogP contribution is -2.54. The molecule has 5 nitrogen and oxygen atoms in total. The van der Waals surface area contributed by atoms with Gasteiger partial charge in [0.25, 0.3) is 0 Å². The normalized spacial score (nSPS) is 23.8. The molecule has 2 heterocycles. The number of urea groups is 1. The van der Waals surface area contributed by atoms with E-state index in [1.54, 1.807) is 0 Å². The van der Waals surface area contributed by atoms with Crippen LogP contribution < -0.4 is 0 Å². The molecule has 0 spiro atoms. The standard InChI is InChI=1S/C19H28N2O3/c1-19(2)14-17(8-11-24-19)21(15-16-6-4-3-5-7-16)18(22)20-9-12-23-13-10-20/h3-7,17H,8-15H2,1-2H3. The van der Waals surface area contributed by atoms with Gasteiger partial charge in [-0.1, -0.05) is 30.3 Å². The van der Waals surface area contributed by atoms with Gasteiger partial charge in [-0.3, -0.25) is 0 Å². The van der Waals surface area contributed by atoms with Crippen LogP contribution in [0.2, 0.25) is 0 Å². The molecule has 0 bridgehead atoms. The summed E-state index contributed by atoms with van der Waals surface area (Å²) in [6, 6.07) is 10.6. The lowest BCUT2D eigenvalue weighted by Gasteiger charge is -2.43. The third-order valence-corrected chi connectivity index (χ3v) is 4.83. The molecule has 5 heteroatoms. The van der Waals surface area contributed by atoms with Gasteiger partial charge >= 0.3 is 6.03 Å². The summed E-state index contributed by atoms with van der Waals surface area (Å²) in [4.78, 5) is 17.1. The molecule has 0 N–H and O–H groups in total. The minimum absolute atomic E-state index is 0.129. The molecule has 2 fully saturated rings. The highest BCUT2D eigenvalue weighted by Crippen LogP contribution is 2.29. The number of morpholine rings is 1. The number of benzene rings is 1. The maximum atomic E-state index is 13.2. The summed E-state index contributed by atoms with van der Waals surface area (Å²) in [6.45, 7) is 8.19. The monoisotopic (exact) mass is 332 g/mol. The highest BCUT2D eigenvalue weighted by Gasteiger charge is 2.36. The number of rotatable bonds is 3. The number of carbonyl (C=O) groups is 1. The van der Waals surface area contributed by atoms with Gasteiger partial charge in [-0.15, -0.1) is 0 Å². The third-order valence-electron chi connectivity index (χ3n) is 4.83. The van der Waals surface area contributed by atoms with Crippen LogP contribution in [0.15, 0.2) is 30.3 Å². The molecule has 0 saturated carbocycles. The van der Waals surface area contributed by atoms with Crippen molar-refractivity contribution in [1.29, 1.82) is 0 Å². The second-order valence-corrected chi connectivity index (χ2v) is 7.25. The average Bonchev–Trinajstić information content (AvgIpc) is 2.60. The molecule has 2 amide bonds. The van der Waals surface area contributed by atoms with Crippen molar-refractivity contribution >= 4 is 6.03 Å². The zero-order valence-electron chi connectivity index (χ0n) is 14.7. The second kappa shape index (κ2) is 7.53. The topological polar surface area (TPSA) is 42.0 Å². The summed E-state index contributed by atoms with van der Waals surface area (Å²) < 4.78 is 11.2. The van der Waals surface area contributed by atoms with Crippen LogP contribution in [0.3, 0.4) is 0 Å². The zero-order valence-corrected chi connectivity index (χ0v) is 14.7. The average molecular weight is 332 g/mol. The summed E-state index contributed by atoms with van der Waals surface area (Å²) >= 11 is 0. The van der Waals surface area contributed by atoms with Gasteiger partial charge < -0.3 is 19.3 Å². The van der Waals surface area contributed by atoms with E-state index in [2.05, 4.69) is 26.0 Å². The van der Waals surface area contributed by atoms with Crippen molar-refractivity contribution in [2.75, 3.05) is 32.9 Å². The van der Waals surface area contributed by atoms with E-state index in [0.717, 1.165) is 12.8 Å². The first kappa shape index (κ1) is 17.2. The van der Waals surface area contributed by atoms with Crippen LogP contribution >= 0.6 is 0 Å². The van der Waals surface area contributed by atoms with Crippen LogP contribution in [0.4, 0.5) is 4.79 Å². The fourth-order valence-electron chi connectivity index (χ4n) is 3.54. The molecular weight excluding hydrogens is 304 g/mol. The third kappa shape index (κ3) is 4.28. The van der Waals surface area contributed by atoms with E-state index in [1.807, 2.05) is 28.0 Å². The minimum atomic E-state index is -0.177. The van der Waals surface area contributed by atoms with Crippen molar-refractivity contribution in [3.8, 4) is 0 Å². The largest absolute Gasteiger partial charge is 0.378 e. The SMILES string of the molecule is CC1(C)CC(N(Cc2ccccc2)C(=O)N2CCOCC2)CCO1. The maximum Gasteiger partial charge on any atom is 0.320 e. The number of hydrogen-bond acceptors (Lipinski definition) is 3. The van der Waals surface area contributed by atoms with Gasteiger partial charge in [-0.25, -0.2) is 4.79 Å². The van der Waals surface area contributed by atoms with Gasteiger partial charge in [-0.05, 0) is 32.3 Å². The molecule has 0 aromatic heterocycles. The van der Waals surface area contributed by atoms with Crippen LogP contribution in [0.1, 0.15) is 32.3 Å². The van der Waals surface area contributed by atoms with Gasteiger partial charge in [0.15, 0.2) is 0 Å². The second-order valence-electron chi connectivity index (χ2n) is 7.25. The number of carbonyl (C=O) groups excluding carboxylic acids is 1. The Bertz CT molecular complexity index is 541. The first-order valence-electron chi connectivity index (χ1n) is 8.86. The molecule has 1 aromatic rings. The van der Waals surface area contributed by atoms with E-state index in [-0.39, 0.29) is 17.7 Å². The molecule has 3 rings (SSSR count). The van der Waals surface area contributed by atoms with E-state index >= 15 is 0 Å². The zero-order chi connectivity index (χ0) is 17.0. The number of amides is 2. The molecule has 2 saturated heterocycles. The highest BCUT2D eigenvalue weighted by molar-refractivity contribution is 5.75. The molecule has 1 aromatic carbocycles. The Morgan fingerprint density at radius 1 is 1.21 bits per heavy atom. The van der Waals surface area contributed by atoms with Gasteiger partial charge in [0, 0.05) is 32.3 Å². The molecule has 132 valence electrons. The summed E-state index contributed by atoms with van der Waals surface area (Å²) in [5.74, 6) is 0. The van der Waals surface area contributed by atoms with E-state index < -0.39 is 0 Å². The van der Waals surface area contributed by atoms with Crippen LogP contribution in [-0.4, -0.2) is 60.4 Å². The summed E-state index contributed by atoms with van der Waals surface area (Å²) in [6.07, 6.45) is 1.77. The van der Waals surface area contributed by atoms with E-state index in [9.17, 15) is 4.79 Å². The van der Waals surface area contributed by atoms with Crippen molar-refractivity contribution in [3.63, 3.8) is 0 Å². The first-order chi connectivity index (χ1) is 11.6. The Morgan fingerprint density at radius 2 is 1.92 bits per heavy atom. The van der Waals surface area contributed by atoms with Crippen molar-refractivity contribution < 1.29 is 14.3 Å². The molecule has 2 aliphatic rings. The molecule has 2 aliphatic heterocycles. The van der Waals surface area contributed by atoms with Crippen LogP contribution in [0.25, 0.3) is 0 Å². The smallest absolute Gasteiger partial charge is 0.320 e. The van der Waals surface area contributed by atoms with Crippen LogP contribution in [-0.2, 0) is 16.0 Å². The summed E-state index contributed by atoms with van der Waals surface area (Å²) in [7, 11) is 0. The van der Waals surface area contributed by atoms with Crippen LogP contribution in [0, 0.1) is 0 Å². The Morgan fingerprint density at radius 3 is 2.58 bits per heavy atom. The van der Waals surface area contributed by atoms with E-state index in [0.29, 0.717) is 39.5 Å². The molecule has 0 aliphatic carbocycles. The Hall–Kier alpha value is -1.59. The van der Waals surface area contributed by atoms with Crippen molar-refractivity contribution in [3.05, 3.63) is 35.9 Å². The predicted molar refractivity (Wildman–Crippen MR) is 92.8 cm³/mol. The van der Waals surface area contributed by atoms with Gasteiger partial charge in [-0.2, -0.15) is 0 Å². The fourth-order valence-corrected chi connectivity index (χ4v) is 3.54. The highest BCUT2D eigenvalue weighted by atomic mass is 16.5. The summed E-state index contributed by atoms with van der Waals surface area (Å²) in [5.41, 5.74) is 0.992.